The van der Waals surface area contributed by atoms with Gasteiger partial charge in [0.2, 0.25) is 0 Å². The topological polar surface area (TPSA) is 127 Å². The van der Waals surface area contributed by atoms with Crippen molar-refractivity contribution < 1.29 is 28.6 Å². The van der Waals surface area contributed by atoms with E-state index in [1.165, 1.54) is 13.3 Å². The molecule has 0 atom stereocenters. The average Bonchev–Trinajstić information content (AvgIpc) is 2.85. The molecule has 0 bridgehead atoms. The summed E-state index contributed by atoms with van der Waals surface area (Å²) in [6.07, 6.45) is 2.06. The Hall–Kier alpha value is -3.63. The monoisotopic (exact) mass is 518 g/mol. The van der Waals surface area contributed by atoms with Crippen LogP contribution >= 0.6 is 11.6 Å². The molecule has 0 unspecified atom stereocenters. The van der Waals surface area contributed by atoms with Crippen LogP contribution in [-0.2, 0) is 19.1 Å². The van der Waals surface area contributed by atoms with E-state index in [0.29, 0.717) is 47.3 Å². The van der Waals surface area contributed by atoms with Crippen LogP contribution in [0.15, 0.2) is 41.5 Å². The highest BCUT2D eigenvalue weighted by molar-refractivity contribution is 6.35. The maximum absolute atomic E-state index is 12.3. The second-order valence-electron chi connectivity index (χ2n) is 7.89. The molecule has 0 radical (unpaired) electrons. The predicted octanol–water partition coefficient (Wildman–Crippen LogP) is 3.06. The number of carbonyl (C=O) groups is 3. The van der Waals surface area contributed by atoms with Crippen LogP contribution in [0, 0.1) is 6.92 Å². The van der Waals surface area contributed by atoms with Gasteiger partial charge in [0.15, 0.2) is 18.1 Å². The summed E-state index contributed by atoms with van der Waals surface area (Å²) >= 11 is 6.08. The molecule has 0 saturated heterocycles. The molecule has 36 heavy (non-hydrogen) atoms. The molecule has 10 nitrogen and oxygen atoms in total. The molecule has 0 heterocycles. The summed E-state index contributed by atoms with van der Waals surface area (Å²) in [5.41, 5.74) is 4.10. The third-order valence-corrected chi connectivity index (χ3v) is 5.14. The number of amides is 3. The fourth-order valence-electron chi connectivity index (χ4n) is 2.85. The number of hydrogen-bond donors (Lipinski definition) is 3. The summed E-state index contributed by atoms with van der Waals surface area (Å²) in [6, 6.07) is 10.1. The molecule has 0 spiro atoms. The Morgan fingerprint density at radius 2 is 1.89 bits per heavy atom. The molecule has 0 aliphatic carbocycles. The molecule has 0 aliphatic heterocycles. The van der Waals surface area contributed by atoms with E-state index in [4.69, 9.17) is 25.8 Å². The van der Waals surface area contributed by atoms with Gasteiger partial charge in [-0.25, -0.2) is 5.43 Å². The van der Waals surface area contributed by atoms with Crippen molar-refractivity contribution in [3.8, 4) is 11.5 Å². The van der Waals surface area contributed by atoms with Crippen LogP contribution in [0.1, 0.15) is 31.4 Å². The minimum absolute atomic E-state index is 0.112. The molecule has 2 aromatic carbocycles. The van der Waals surface area contributed by atoms with Crippen molar-refractivity contribution in [1.82, 2.24) is 10.7 Å². The van der Waals surface area contributed by atoms with Crippen molar-refractivity contribution >= 4 is 41.2 Å². The molecule has 194 valence electrons. The fraction of sp³-hybridized carbons (Fsp3) is 0.360. The first-order valence-corrected chi connectivity index (χ1v) is 11.7. The number of methoxy groups -OCH3 is 1. The Bertz CT molecular complexity index is 1090. The highest BCUT2D eigenvalue weighted by Crippen LogP contribution is 2.28. The molecule has 2 aromatic rings. The van der Waals surface area contributed by atoms with Crippen LogP contribution in [0.2, 0.25) is 5.02 Å². The number of halogens is 1. The van der Waals surface area contributed by atoms with Crippen molar-refractivity contribution in [2.75, 3.05) is 32.2 Å². The lowest BCUT2D eigenvalue weighted by atomic mass is 10.2. The Kier molecular flexibility index (Phi) is 11.7. The SMILES string of the molecule is COc1cc(/C=N\NC(=O)C(=O)NCCCOC(C)C)ccc1OCC(=O)Nc1cccc(Cl)c1C. The number of anilines is 1. The largest absolute Gasteiger partial charge is 0.493 e. The highest BCUT2D eigenvalue weighted by atomic mass is 35.5. The lowest BCUT2D eigenvalue weighted by Gasteiger charge is -2.12. The van der Waals surface area contributed by atoms with E-state index < -0.39 is 11.8 Å². The van der Waals surface area contributed by atoms with Gasteiger partial charge in [-0.15, -0.1) is 0 Å². The number of hydrogen-bond acceptors (Lipinski definition) is 7. The normalized spacial score (nSPS) is 10.8. The van der Waals surface area contributed by atoms with E-state index in [1.54, 1.807) is 43.3 Å². The van der Waals surface area contributed by atoms with Gasteiger partial charge in [-0.3, -0.25) is 14.4 Å². The van der Waals surface area contributed by atoms with Gasteiger partial charge in [0.25, 0.3) is 5.91 Å². The van der Waals surface area contributed by atoms with Crippen molar-refractivity contribution in [2.45, 2.75) is 33.3 Å². The minimum atomic E-state index is -0.885. The summed E-state index contributed by atoms with van der Waals surface area (Å²) < 4.78 is 16.3. The Labute approximate surface area is 215 Å². The first-order valence-electron chi connectivity index (χ1n) is 11.3. The van der Waals surface area contributed by atoms with E-state index >= 15 is 0 Å². The van der Waals surface area contributed by atoms with Gasteiger partial charge in [0, 0.05) is 23.9 Å². The Morgan fingerprint density at radius 1 is 1.11 bits per heavy atom. The number of rotatable bonds is 12. The maximum Gasteiger partial charge on any atom is 0.329 e. The molecule has 0 aliphatic rings. The lowest BCUT2D eigenvalue weighted by Crippen LogP contribution is -2.38. The van der Waals surface area contributed by atoms with E-state index in [0.717, 1.165) is 5.56 Å². The molecular weight excluding hydrogens is 488 g/mol. The third kappa shape index (κ3) is 9.55. The van der Waals surface area contributed by atoms with Crippen LogP contribution in [0.25, 0.3) is 0 Å². The second-order valence-corrected chi connectivity index (χ2v) is 8.29. The van der Waals surface area contributed by atoms with Crippen molar-refractivity contribution in [3.05, 3.63) is 52.5 Å². The summed E-state index contributed by atoms with van der Waals surface area (Å²) in [7, 11) is 1.46. The molecule has 2 rings (SSSR count). The van der Waals surface area contributed by atoms with Crippen LogP contribution < -0.4 is 25.5 Å². The van der Waals surface area contributed by atoms with Crippen molar-refractivity contribution in [3.63, 3.8) is 0 Å². The molecular formula is C25H31ClN4O6. The fourth-order valence-corrected chi connectivity index (χ4v) is 3.02. The Morgan fingerprint density at radius 3 is 2.61 bits per heavy atom. The number of ether oxygens (including phenoxy) is 3. The zero-order valence-electron chi connectivity index (χ0n) is 20.7. The molecule has 0 aromatic heterocycles. The van der Waals surface area contributed by atoms with Gasteiger partial charge < -0.3 is 24.8 Å². The van der Waals surface area contributed by atoms with Gasteiger partial charge in [-0.05, 0) is 68.7 Å². The van der Waals surface area contributed by atoms with Gasteiger partial charge in [-0.1, -0.05) is 17.7 Å². The van der Waals surface area contributed by atoms with Crippen molar-refractivity contribution in [2.24, 2.45) is 5.10 Å². The van der Waals surface area contributed by atoms with Crippen LogP contribution in [0.5, 0.6) is 11.5 Å². The summed E-state index contributed by atoms with van der Waals surface area (Å²) in [6.45, 7) is 6.21. The van der Waals surface area contributed by atoms with Crippen LogP contribution in [0.3, 0.4) is 0 Å². The van der Waals surface area contributed by atoms with Gasteiger partial charge in [-0.2, -0.15) is 5.10 Å². The van der Waals surface area contributed by atoms with Crippen molar-refractivity contribution in [1.29, 1.82) is 0 Å². The average molecular weight is 519 g/mol. The third-order valence-electron chi connectivity index (χ3n) is 4.73. The predicted molar refractivity (Wildman–Crippen MR) is 138 cm³/mol. The maximum atomic E-state index is 12.3. The summed E-state index contributed by atoms with van der Waals surface area (Å²) in [4.78, 5) is 35.9. The zero-order valence-corrected chi connectivity index (χ0v) is 21.5. The van der Waals surface area contributed by atoms with E-state index in [9.17, 15) is 14.4 Å². The Balaban J connectivity index is 1.83. The smallest absolute Gasteiger partial charge is 0.329 e. The van der Waals surface area contributed by atoms with Gasteiger partial charge >= 0.3 is 11.8 Å². The molecule has 3 amide bonds. The molecule has 3 N–H and O–H groups in total. The quantitative estimate of drug-likeness (QED) is 0.171. The van der Waals surface area contributed by atoms with E-state index in [2.05, 4.69) is 21.2 Å². The molecule has 0 saturated carbocycles. The highest BCUT2D eigenvalue weighted by Gasteiger charge is 2.12. The van der Waals surface area contributed by atoms with E-state index in [1.807, 2.05) is 13.8 Å². The van der Waals surface area contributed by atoms with E-state index in [-0.39, 0.29) is 18.6 Å². The number of nitrogens with one attached hydrogen (secondary N) is 3. The number of carbonyl (C=O) groups excluding carboxylic acids is 3. The minimum Gasteiger partial charge on any atom is -0.493 e. The van der Waals surface area contributed by atoms with Crippen LogP contribution in [0.4, 0.5) is 5.69 Å². The van der Waals surface area contributed by atoms with Crippen LogP contribution in [-0.4, -0.2) is 56.9 Å². The first-order chi connectivity index (χ1) is 17.2. The molecule has 11 heteroatoms. The second kappa shape index (κ2) is 14.7. The standard InChI is InChI=1S/C25H31ClN4O6/c1-16(2)35-12-6-11-27-24(32)25(33)30-28-14-18-9-10-21(22(13-18)34-4)36-15-23(31)29-20-8-5-7-19(26)17(20)3/h5,7-10,13-14,16H,6,11-12,15H2,1-4H3,(H,27,32)(H,29,31)(H,30,33)/b28-14-. The number of nitrogens with zero attached hydrogens (tertiary/aromatic N) is 1. The summed E-state index contributed by atoms with van der Waals surface area (Å²) in [5, 5.41) is 9.59. The zero-order chi connectivity index (χ0) is 26.5. The summed E-state index contributed by atoms with van der Waals surface area (Å²) in [5.74, 6) is -1.33. The van der Waals surface area contributed by atoms with Gasteiger partial charge in [0.1, 0.15) is 0 Å². The lowest BCUT2D eigenvalue weighted by molar-refractivity contribution is -0.139. The van der Waals surface area contributed by atoms with Gasteiger partial charge in [0.05, 0.1) is 19.4 Å². The number of hydrazone groups is 1. The molecule has 0 fully saturated rings. The number of benzene rings is 2. The first kappa shape index (κ1) is 28.6.